The Morgan fingerprint density at radius 2 is 2.07 bits per heavy atom. The zero-order valence-electron chi connectivity index (χ0n) is 8.06. The molecular weight excluding hydrogens is 258 g/mol. The lowest BCUT2D eigenvalue weighted by Gasteiger charge is -2.29. The average Bonchev–Trinajstić information content (AvgIpc) is 2.05. The van der Waals surface area contributed by atoms with Gasteiger partial charge in [0.25, 0.3) is 0 Å². The number of hydrogen-bond donors (Lipinski definition) is 0. The molecule has 2 heterocycles. The number of ether oxygens (including phenoxy) is 1. The molecule has 1 aromatic rings. The van der Waals surface area contributed by atoms with Crippen molar-refractivity contribution < 1.29 is 4.74 Å². The first-order valence-electron chi connectivity index (χ1n) is 4.31. The van der Waals surface area contributed by atoms with Crippen molar-refractivity contribution in [1.82, 2.24) is 9.88 Å². The van der Waals surface area contributed by atoms with Crippen LogP contribution in [0.25, 0.3) is 0 Å². The van der Waals surface area contributed by atoms with Gasteiger partial charge in [-0.2, -0.15) is 0 Å². The Bertz CT molecular complexity index is 277. The summed E-state index contributed by atoms with van der Waals surface area (Å²) in [5.41, 5.74) is 0. The molecular formula is C9H13Cl3N2O. The fourth-order valence-corrected chi connectivity index (χ4v) is 1.24. The number of halogens is 3. The molecule has 6 heteroatoms. The Balaban J connectivity index is 0.000000980. The number of pyridine rings is 1. The smallest absolute Gasteiger partial charge is 0.142 e. The second kappa shape index (κ2) is 7.12. The molecule has 1 saturated heterocycles. The van der Waals surface area contributed by atoms with Crippen LogP contribution in [0.1, 0.15) is 6.42 Å². The summed E-state index contributed by atoms with van der Waals surface area (Å²) in [6.45, 7) is 2.94. The maximum Gasteiger partial charge on any atom is 0.142 e. The molecule has 15 heavy (non-hydrogen) atoms. The van der Waals surface area contributed by atoms with Gasteiger partial charge in [0.2, 0.25) is 0 Å². The summed E-state index contributed by atoms with van der Waals surface area (Å²) in [4.78, 5) is 6.15. The van der Waals surface area contributed by atoms with E-state index in [9.17, 15) is 0 Å². The second-order valence-corrected chi connectivity index (χ2v) is 3.45. The summed E-state index contributed by atoms with van der Waals surface area (Å²) in [6, 6.07) is 3.56. The molecule has 0 aromatic carbocycles. The Labute approximate surface area is 107 Å². The summed E-state index contributed by atoms with van der Waals surface area (Å²) < 4.78 is 5.47. The van der Waals surface area contributed by atoms with Crippen LogP contribution in [-0.2, 0) is 0 Å². The molecule has 3 nitrogen and oxygen atoms in total. The van der Waals surface area contributed by atoms with Crippen molar-refractivity contribution in [1.29, 1.82) is 0 Å². The fraction of sp³-hybridized carbons (Fsp3) is 0.444. The highest BCUT2D eigenvalue weighted by Crippen LogP contribution is 2.13. The fourth-order valence-electron chi connectivity index (χ4n) is 1.12. The van der Waals surface area contributed by atoms with Gasteiger partial charge in [-0.05, 0) is 18.6 Å². The molecule has 1 fully saturated rings. The SMILES string of the molecule is Cl.Cl.Clc1ccc(OCN2CCC2)cn1. The van der Waals surface area contributed by atoms with Crippen LogP contribution in [0.4, 0.5) is 0 Å². The number of aromatic nitrogens is 1. The average molecular weight is 272 g/mol. The molecule has 0 atom stereocenters. The van der Waals surface area contributed by atoms with Gasteiger partial charge in [0.1, 0.15) is 17.6 Å². The third kappa shape index (κ3) is 4.43. The molecule has 0 radical (unpaired) electrons. The topological polar surface area (TPSA) is 25.4 Å². The Morgan fingerprint density at radius 3 is 2.53 bits per heavy atom. The van der Waals surface area contributed by atoms with E-state index in [1.54, 1.807) is 12.3 Å². The minimum Gasteiger partial charge on any atom is -0.477 e. The van der Waals surface area contributed by atoms with Gasteiger partial charge in [0.05, 0.1) is 6.20 Å². The zero-order chi connectivity index (χ0) is 9.10. The van der Waals surface area contributed by atoms with Crippen molar-refractivity contribution in [2.45, 2.75) is 6.42 Å². The molecule has 2 rings (SSSR count). The van der Waals surface area contributed by atoms with E-state index in [4.69, 9.17) is 16.3 Å². The third-order valence-electron chi connectivity index (χ3n) is 2.06. The highest BCUT2D eigenvalue weighted by atomic mass is 35.5. The molecule has 0 spiro atoms. The van der Waals surface area contributed by atoms with Crippen LogP contribution in [0.2, 0.25) is 5.15 Å². The quantitative estimate of drug-likeness (QED) is 0.790. The van der Waals surface area contributed by atoms with Crippen LogP contribution in [0.5, 0.6) is 5.75 Å². The van der Waals surface area contributed by atoms with Gasteiger partial charge in [-0.25, -0.2) is 4.98 Å². The van der Waals surface area contributed by atoms with E-state index in [2.05, 4.69) is 9.88 Å². The van der Waals surface area contributed by atoms with E-state index in [1.807, 2.05) is 6.07 Å². The molecule has 0 N–H and O–H groups in total. The van der Waals surface area contributed by atoms with E-state index in [0.29, 0.717) is 11.9 Å². The highest BCUT2D eigenvalue weighted by Gasteiger charge is 2.13. The summed E-state index contributed by atoms with van der Waals surface area (Å²) in [7, 11) is 0. The first kappa shape index (κ1) is 14.8. The van der Waals surface area contributed by atoms with Crippen LogP contribution >= 0.6 is 36.4 Å². The number of likely N-dealkylation sites (tertiary alicyclic amines) is 1. The van der Waals surface area contributed by atoms with Gasteiger partial charge in [0.15, 0.2) is 0 Å². The van der Waals surface area contributed by atoms with Crippen LogP contribution in [0.3, 0.4) is 0 Å². The minimum atomic E-state index is 0. The van der Waals surface area contributed by atoms with Gasteiger partial charge >= 0.3 is 0 Å². The molecule has 1 aliphatic heterocycles. The van der Waals surface area contributed by atoms with Crippen LogP contribution in [0.15, 0.2) is 18.3 Å². The Hall–Kier alpha value is -0.220. The lowest BCUT2D eigenvalue weighted by molar-refractivity contribution is 0.0728. The van der Waals surface area contributed by atoms with Crippen molar-refractivity contribution in [2.75, 3.05) is 19.8 Å². The van der Waals surface area contributed by atoms with Gasteiger partial charge in [0, 0.05) is 13.1 Å². The van der Waals surface area contributed by atoms with E-state index < -0.39 is 0 Å². The molecule has 0 saturated carbocycles. The van der Waals surface area contributed by atoms with E-state index >= 15 is 0 Å². The summed E-state index contributed by atoms with van der Waals surface area (Å²) in [5, 5.41) is 0.497. The standard InChI is InChI=1S/C9H11ClN2O.2ClH/c10-9-3-2-8(6-11-9)13-7-12-4-1-5-12;;/h2-3,6H,1,4-5,7H2;2*1H. The molecule has 0 unspecified atom stereocenters. The minimum absolute atomic E-state index is 0. The molecule has 0 bridgehead atoms. The third-order valence-corrected chi connectivity index (χ3v) is 2.29. The van der Waals surface area contributed by atoms with Crippen molar-refractivity contribution in [3.63, 3.8) is 0 Å². The lowest BCUT2D eigenvalue weighted by atomic mass is 10.2. The molecule has 0 amide bonds. The maximum atomic E-state index is 5.64. The van der Waals surface area contributed by atoms with Gasteiger partial charge < -0.3 is 4.74 Å². The maximum absolute atomic E-state index is 5.64. The second-order valence-electron chi connectivity index (χ2n) is 3.06. The number of rotatable bonds is 3. The molecule has 0 aliphatic carbocycles. The molecule has 86 valence electrons. The molecule has 1 aromatic heterocycles. The predicted octanol–water partition coefficient (Wildman–Crippen LogP) is 2.62. The summed E-state index contributed by atoms with van der Waals surface area (Å²) >= 11 is 5.64. The monoisotopic (exact) mass is 270 g/mol. The first-order valence-corrected chi connectivity index (χ1v) is 4.69. The van der Waals surface area contributed by atoms with Gasteiger partial charge in [-0.15, -0.1) is 24.8 Å². The summed E-state index contributed by atoms with van der Waals surface area (Å²) in [5.74, 6) is 0.774. The van der Waals surface area contributed by atoms with Gasteiger partial charge in [-0.1, -0.05) is 11.6 Å². The van der Waals surface area contributed by atoms with E-state index in [0.717, 1.165) is 18.8 Å². The van der Waals surface area contributed by atoms with Crippen molar-refractivity contribution in [3.05, 3.63) is 23.5 Å². The largest absolute Gasteiger partial charge is 0.477 e. The Kier molecular flexibility index (Phi) is 7.02. The van der Waals surface area contributed by atoms with Crippen molar-refractivity contribution in [3.8, 4) is 5.75 Å². The zero-order valence-corrected chi connectivity index (χ0v) is 10.4. The van der Waals surface area contributed by atoms with Crippen LogP contribution in [-0.4, -0.2) is 29.7 Å². The highest BCUT2D eigenvalue weighted by molar-refractivity contribution is 6.29. The molecule has 1 aliphatic rings. The summed E-state index contributed by atoms with van der Waals surface area (Å²) in [6.07, 6.45) is 2.92. The first-order chi connectivity index (χ1) is 6.34. The van der Waals surface area contributed by atoms with Crippen molar-refractivity contribution >= 4 is 36.4 Å². The van der Waals surface area contributed by atoms with Gasteiger partial charge in [-0.3, -0.25) is 4.90 Å². The lowest BCUT2D eigenvalue weighted by Crippen LogP contribution is -2.39. The van der Waals surface area contributed by atoms with Crippen LogP contribution in [0, 0.1) is 0 Å². The van der Waals surface area contributed by atoms with E-state index in [-0.39, 0.29) is 24.8 Å². The van der Waals surface area contributed by atoms with Crippen molar-refractivity contribution in [2.24, 2.45) is 0 Å². The number of hydrogen-bond acceptors (Lipinski definition) is 3. The predicted molar refractivity (Wildman–Crippen MR) is 65.4 cm³/mol. The van der Waals surface area contributed by atoms with Crippen LogP contribution < -0.4 is 4.74 Å². The normalized spacial score (nSPS) is 14.5. The Morgan fingerprint density at radius 1 is 1.33 bits per heavy atom. The number of nitrogens with zero attached hydrogens (tertiary/aromatic N) is 2. The van der Waals surface area contributed by atoms with E-state index in [1.165, 1.54) is 6.42 Å².